The first-order valence-electron chi connectivity index (χ1n) is 9.51. The number of carbonyl (C=O) groups excluding carboxylic acids is 1. The average molecular weight is 466 g/mol. The number of nitrogens with zero attached hydrogens (tertiary/aromatic N) is 1. The van der Waals surface area contributed by atoms with Crippen molar-refractivity contribution in [3.8, 4) is 0 Å². The molecule has 3 rings (SSSR count). The van der Waals surface area contributed by atoms with Crippen molar-refractivity contribution >= 4 is 21.8 Å². The molecule has 29 heavy (non-hydrogen) atoms. The Labute approximate surface area is 176 Å². The summed E-state index contributed by atoms with van der Waals surface area (Å²) in [5.74, 6) is -0.570. The second-order valence-electron chi connectivity index (χ2n) is 7.10. The van der Waals surface area contributed by atoms with E-state index in [-0.39, 0.29) is 24.8 Å². The van der Waals surface area contributed by atoms with Gasteiger partial charge in [-0.25, -0.2) is 4.79 Å². The first-order chi connectivity index (χ1) is 13.8. The molecular formula is C20H24BrN3O5. The third kappa shape index (κ3) is 4.68. The van der Waals surface area contributed by atoms with E-state index >= 15 is 0 Å². The number of carbonyl (C=O) groups is 1. The molecule has 1 amide bonds. The van der Waals surface area contributed by atoms with Crippen LogP contribution in [0.15, 0.2) is 44.5 Å². The van der Waals surface area contributed by atoms with Gasteiger partial charge < -0.3 is 15.2 Å². The number of hydrogen-bond acceptors (Lipinski definition) is 5. The number of rotatable bonds is 6. The molecule has 2 unspecified atom stereocenters. The molecule has 9 heteroatoms. The summed E-state index contributed by atoms with van der Waals surface area (Å²) < 4.78 is 7.94. The van der Waals surface area contributed by atoms with E-state index in [0.717, 1.165) is 10.0 Å². The number of aryl methyl sites for hydroxylation is 1. The molecule has 1 fully saturated rings. The van der Waals surface area contributed by atoms with Crippen molar-refractivity contribution in [2.75, 3.05) is 6.54 Å². The smallest absolute Gasteiger partial charge is 0.330 e. The van der Waals surface area contributed by atoms with Gasteiger partial charge >= 0.3 is 5.69 Å². The number of halogens is 1. The first kappa shape index (κ1) is 21.5. The van der Waals surface area contributed by atoms with E-state index < -0.39 is 29.7 Å². The van der Waals surface area contributed by atoms with Crippen LogP contribution in [0.3, 0.4) is 0 Å². The lowest BCUT2D eigenvalue weighted by Gasteiger charge is -2.19. The predicted molar refractivity (Wildman–Crippen MR) is 111 cm³/mol. The Morgan fingerprint density at radius 1 is 1.41 bits per heavy atom. The topological polar surface area (TPSA) is 113 Å². The fourth-order valence-corrected chi connectivity index (χ4v) is 4.01. The van der Waals surface area contributed by atoms with Crippen molar-refractivity contribution in [2.24, 2.45) is 0 Å². The highest BCUT2D eigenvalue weighted by Crippen LogP contribution is 2.28. The monoisotopic (exact) mass is 465 g/mol. The predicted octanol–water partition coefficient (Wildman–Crippen LogP) is 1.43. The number of aromatic amines is 1. The molecular weight excluding hydrogens is 442 g/mol. The number of aromatic nitrogens is 2. The van der Waals surface area contributed by atoms with E-state index in [1.165, 1.54) is 10.8 Å². The van der Waals surface area contributed by atoms with Gasteiger partial charge in [0.15, 0.2) is 0 Å². The maximum absolute atomic E-state index is 12.5. The van der Waals surface area contributed by atoms with Gasteiger partial charge in [0, 0.05) is 29.2 Å². The van der Waals surface area contributed by atoms with E-state index in [1.807, 2.05) is 31.2 Å². The molecule has 0 spiro atoms. The van der Waals surface area contributed by atoms with Gasteiger partial charge in [0.1, 0.15) is 12.3 Å². The van der Waals surface area contributed by atoms with Gasteiger partial charge in [0.05, 0.1) is 12.0 Å². The lowest BCUT2D eigenvalue weighted by atomic mass is 10.0. The molecule has 8 nitrogen and oxygen atoms in total. The summed E-state index contributed by atoms with van der Waals surface area (Å²) in [6.45, 7) is 3.73. The van der Waals surface area contributed by atoms with Crippen LogP contribution in [0.5, 0.6) is 0 Å². The van der Waals surface area contributed by atoms with Crippen LogP contribution >= 0.6 is 15.9 Å². The highest BCUT2D eigenvalue weighted by Gasteiger charge is 2.36. The minimum atomic E-state index is -0.844. The van der Waals surface area contributed by atoms with Crippen LogP contribution < -0.4 is 16.6 Å². The summed E-state index contributed by atoms with van der Waals surface area (Å²) in [7, 11) is 0. The molecule has 1 saturated heterocycles. The fourth-order valence-electron chi connectivity index (χ4n) is 3.38. The summed E-state index contributed by atoms with van der Waals surface area (Å²) in [6, 6.07) is 7.49. The average Bonchev–Trinajstić information content (AvgIpc) is 3.06. The highest BCUT2D eigenvalue weighted by molar-refractivity contribution is 9.10. The van der Waals surface area contributed by atoms with Crippen LogP contribution in [0.2, 0.25) is 0 Å². The Kier molecular flexibility index (Phi) is 6.71. The van der Waals surface area contributed by atoms with Gasteiger partial charge in [-0.3, -0.25) is 19.1 Å². The van der Waals surface area contributed by atoms with Crippen LogP contribution in [0.4, 0.5) is 0 Å². The van der Waals surface area contributed by atoms with Gasteiger partial charge in [-0.15, -0.1) is 0 Å². The van der Waals surface area contributed by atoms with Crippen LogP contribution in [-0.4, -0.2) is 39.3 Å². The lowest BCUT2D eigenvalue weighted by molar-refractivity contribution is -0.123. The Bertz CT molecular complexity index is 1000. The fraction of sp³-hybridized carbons (Fsp3) is 0.450. The quantitative estimate of drug-likeness (QED) is 0.596. The Hall–Kier alpha value is -2.23. The molecule has 1 aromatic carbocycles. The van der Waals surface area contributed by atoms with Crippen molar-refractivity contribution in [1.82, 2.24) is 14.9 Å². The standard InChI is InChI=1S/C20H24BrN3O5/c1-3-12-10-24(20(28)23-19(12)27)17-8-15(25)16(29-17)9-22-18(26)11(2)13-6-4-5-7-14(13)21/h4-7,10-11,15-17,25H,3,8-9H2,1-2H3,(H,22,26)(H,23,27,28)/t11?,15?,16-,17-/m0/s1. The maximum Gasteiger partial charge on any atom is 0.330 e. The lowest BCUT2D eigenvalue weighted by Crippen LogP contribution is -2.39. The van der Waals surface area contributed by atoms with Crippen molar-refractivity contribution in [1.29, 1.82) is 0 Å². The van der Waals surface area contributed by atoms with Gasteiger partial charge in [-0.1, -0.05) is 41.1 Å². The highest BCUT2D eigenvalue weighted by atomic mass is 79.9. The SMILES string of the molecule is CCc1cn([C@@H]2CC(O)[C@H](CNC(=O)C(C)c3ccccc3Br)O2)c(=O)[nH]c1=O. The molecule has 0 saturated carbocycles. The van der Waals surface area contributed by atoms with Crippen molar-refractivity contribution < 1.29 is 14.6 Å². The van der Waals surface area contributed by atoms with E-state index in [9.17, 15) is 19.5 Å². The minimum Gasteiger partial charge on any atom is -0.390 e. The summed E-state index contributed by atoms with van der Waals surface area (Å²) in [6.07, 6.45) is -0.0779. The van der Waals surface area contributed by atoms with Gasteiger partial charge in [0.25, 0.3) is 5.56 Å². The zero-order valence-electron chi connectivity index (χ0n) is 16.2. The van der Waals surface area contributed by atoms with E-state index in [4.69, 9.17) is 4.74 Å². The molecule has 1 aliphatic rings. The summed E-state index contributed by atoms with van der Waals surface area (Å²) in [5.41, 5.74) is 0.318. The number of aliphatic hydroxyl groups is 1. The summed E-state index contributed by atoms with van der Waals surface area (Å²) in [4.78, 5) is 38.7. The van der Waals surface area contributed by atoms with E-state index in [2.05, 4.69) is 26.2 Å². The minimum absolute atomic E-state index is 0.115. The second-order valence-corrected chi connectivity index (χ2v) is 7.95. The molecule has 2 aromatic rings. The van der Waals surface area contributed by atoms with Crippen molar-refractivity contribution in [3.63, 3.8) is 0 Å². The number of aliphatic hydroxyl groups excluding tert-OH is 1. The Morgan fingerprint density at radius 3 is 2.83 bits per heavy atom. The molecule has 0 aliphatic carbocycles. The number of amides is 1. The zero-order chi connectivity index (χ0) is 21.1. The number of hydrogen-bond donors (Lipinski definition) is 3. The first-order valence-corrected chi connectivity index (χ1v) is 10.3. The molecule has 3 N–H and O–H groups in total. The van der Waals surface area contributed by atoms with Gasteiger partial charge in [-0.2, -0.15) is 0 Å². The normalized spacial score (nSPS) is 22.4. The molecule has 0 bridgehead atoms. The van der Waals surface area contributed by atoms with Crippen molar-refractivity contribution in [3.05, 3.63) is 66.9 Å². The summed E-state index contributed by atoms with van der Waals surface area (Å²) >= 11 is 3.45. The number of nitrogens with one attached hydrogen (secondary N) is 2. The van der Waals surface area contributed by atoms with Crippen LogP contribution in [0.25, 0.3) is 0 Å². The Balaban J connectivity index is 1.65. The maximum atomic E-state index is 12.5. The van der Waals surface area contributed by atoms with Crippen LogP contribution in [0.1, 0.15) is 43.5 Å². The third-order valence-electron chi connectivity index (χ3n) is 5.18. The summed E-state index contributed by atoms with van der Waals surface area (Å²) in [5, 5.41) is 13.1. The zero-order valence-corrected chi connectivity index (χ0v) is 17.8. The Morgan fingerprint density at radius 2 is 2.14 bits per heavy atom. The van der Waals surface area contributed by atoms with E-state index in [0.29, 0.717) is 12.0 Å². The van der Waals surface area contributed by atoms with Gasteiger partial charge in [-0.05, 0) is 25.0 Å². The van der Waals surface area contributed by atoms with Crippen LogP contribution in [0, 0.1) is 0 Å². The van der Waals surface area contributed by atoms with Gasteiger partial charge in [0.2, 0.25) is 5.91 Å². The molecule has 1 aromatic heterocycles. The second kappa shape index (κ2) is 9.06. The molecule has 2 heterocycles. The number of benzene rings is 1. The molecule has 156 valence electrons. The molecule has 0 radical (unpaired) electrons. The molecule has 1 aliphatic heterocycles. The molecule has 4 atom stereocenters. The van der Waals surface area contributed by atoms with Crippen molar-refractivity contribution in [2.45, 2.75) is 51.0 Å². The largest absolute Gasteiger partial charge is 0.390 e. The van der Waals surface area contributed by atoms with Crippen LogP contribution in [-0.2, 0) is 16.0 Å². The number of H-pyrrole nitrogens is 1. The number of ether oxygens (including phenoxy) is 1. The van der Waals surface area contributed by atoms with E-state index in [1.54, 1.807) is 6.92 Å². The third-order valence-corrected chi connectivity index (χ3v) is 5.90.